The summed E-state index contributed by atoms with van der Waals surface area (Å²) in [5.74, 6) is 0.838. The van der Waals surface area contributed by atoms with Gasteiger partial charge < -0.3 is 9.57 Å². The van der Waals surface area contributed by atoms with Crippen LogP contribution in [0.5, 0.6) is 5.75 Å². The van der Waals surface area contributed by atoms with E-state index in [0.29, 0.717) is 6.54 Å². The maximum Gasteiger partial charge on any atom is 0.147 e. The normalized spacial score (nSPS) is 20.0. The molecule has 1 unspecified atom stereocenters. The first-order chi connectivity index (χ1) is 10.3. The lowest BCUT2D eigenvalue weighted by atomic mass is 10.1. The van der Waals surface area contributed by atoms with Crippen LogP contribution in [0.4, 0.5) is 0 Å². The lowest BCUT2D eigenvalue weighted by Gasteiger charge is -2.34. The zero-order chi connectivity index (χ0) is 14.9. The van der Waals surface area contributed by atoms with Gasteiger partial charge in [-0.15, -0.1) is 0 Å². The fraction of sp³-hybridized carbons (Fsp3) is 0.529. The molecule has 0 aliphatic carbocycles. The van der Waals surface area contributed by atoms with Crippen LogP contribution in [-0.4, -0.2) is 31.3 Å². The van der Waals surface area contributed by atoms with E-state index in [-0.39, 0.29) is 6.23 Å². The van der Waals surface area contributed by atoms with Crippen LogP contribution in [0.15, 0.2) is 36.4 Å². The largest absolute Gasteiger partial charge is 0.408 e. The van der Waals surface area contributed by atoms with Crippen molar-refractivity contribution < 1.29 is 9.57 Å². The lowest BCUT2D eigenvalue weighted by Crippen LogP contribution is -2.39. The Morgan fingerprint density at radius 2 is 2.10 bits per heavy atom. The number of hydrogen-bond donors (Lipinski definition) is 1. The summed E-state index contributed by atoms with van der Waals surface area (Å²) in [6.45, 7) is 4.75. The molecule has 0 radical (unpaired) electrons. The predicted molar refractivity (Wildman–Crippen MR) is 84.9 cm³/mol. The number of ether oxygens (including phenoxy) is 1. The SMILES string of the molecule is CC=CCNOc1ccc(CN2CCCCC2OC)cc1. The summed E-state index contributed by atoms with van der Waals surface area (Å²) in [5, 5.41) is 0. The minimum absolute atomic E-state index is 0.261. The Kier molecular flexibility index (Phi) is 6.73. The number of likely N-dealkylation sites (tertiary alicyclic amines) is 1. The zero-order valence-corrected chi connectivity index (χ0v) is 13.0. The van der Waals surface area contributed by atoms with Gasteiger partial charge in [0.2, 0.25) is 0 Å². The molecule has 1 fully saturated rings. The molecule has 116 valence electrons. The first kappa shape index (κ1) is 16.0. The van der Waals surface area contributed by atoms with Gasteiger partial charge in [-0.1, -0.05) is 24.3 Å². The van der Waals surface area contributed by atoms with Crippen molar-refractivity contribution in [3.8, 4) is 5.75 Å². The molecule has 1 heterocycles. The number of rotatable bonds is 7. The highest BCUT2D eigenvalue weighted by atomic mass is 16.6. The number of allylic oxidation sites excluding steroid dienone is 1. The summed E-state index contributed by atoms with van der Waals surface area (Å²) in [4.78, 5) is 7.86. The van der Waals surface area contributed by atoms with E-state index in [1.165, 1.54) is 18.4 Å². The van der Waals surface area contributed by atoms with E-state index < -0.39 is 0 Å². The molecule has 0 saturated carbocycles. The van der Waals surface area contributed by atoms with E-state index in [9.17, 15) is 0 Å². The minimum Gasteiger partial charge on any atom is -0.408 e. The molecule has 4 heteroatoms. The molecule has 1 atom stereocenters. The van der Waals surface area contributed by atoms with Crippen LogP contribution in [0.2, 0.25) is 0 Å². The van der Waals surface area contributed by atoms with Crippen LogP contribution in [0.1, 0.15) is 31.7 Å². The van der Waals surface area contributed by atoms with Crippen molar-refractivity contribution in [2.75, 3.05) is 20.2 Å². The van der Waals surface area contributed by atoms with Crippen molar-refractivity contribution in [2.45, 2.75) is 39.0 Å². The Morgan fingerprint density at radius 1 is 1.29 bits per heavy atom. The van der Waals surface area contributed by atoms with Gasteiger partial charge in [0, 0.05) is 26.7 Å². The van der Waals surface area contributed by atoms with Crippen molar-refractivity contribution in [1.29, 1.82) is 0 Å². The molecule has 1 aliphatic heterocycles. The summed E-state index contributed by atoms with van der Waals surface area (Å²) >= 11 is 0. The van der Waals surface area contributed by atoms with Crippen molar-refractivity contribution in [2.24, 2.45) is 0 Å². The highest BCUT2D eigenvalue weighted by molar-refractivity contribution is 5.27. The third-order valence-electron chi connectivity index (χ3n) is 3.76. The summed E-state index contributed by atoms with van der Waals surface area (Å²) in [5.41, 5.74) is 4.19. The van der Waals surface area contributed by atoms with Crippen molar-refractivity contribution in [3.63, 3.8) is 0 Å². The fourth-order valence-corrected chi connectivity index (χ4v) is 2.60. The monoisotopic (exact) mass is 290 g/mol. The second-order valence-electron chi connectivity index (χ2n) is 5.32. The summed E-state index contributed by atoms with van der Waals surface area (Å²) in [7, 11) is 1.80. The second-order valence-corrected chi connectivity index (χ2v) is 5.32. The van der Waals surface area contributed by atoms with Crippen molar-refractivity contribution in [1.82, 2.24) is 10.4 Å². The Labute approximate surface area is 127 Å². The molecule has 1 aliphatic rings. The number of nitrogens with one attached hydrogen (secondary N) is 1. The van der Waals surface area contributed by atoms with Crippen molar-refractivity contribution >= 4 is 0 Å². The molecule has 0 aromatic heterocycles. The van der Waals surface area contributed by atoms with E-state index >= 15 is 0 Å². The van der Waals surface area contributed by atoms with E-state index in [4.69, 9.17) is 9.57 Å². The maximum absolute atomic E-state index is 5.56. The van der Waals surface area contributed by atoms with Crippen LogP contribution >= 0.6 is 0 Å². The van der Waals surface area contributed by atoms with Gasteiger partial charge in [0.25, 0.3) is 0 Å². The molecule has 4 nitrogen and oxygen atoms in total. The third-order valence-corrected chi connectivity index (χ3v) is 3.76. The molecule has 1 aromatic rings. The number of piperidine rings is 1. The first-order valence-electron chi connectivity index (χ1n) is 7.70. The minimum atomic E-state index is 0.261. The smallest absolute Gasteiger partial charge is 0.147 e. The van der Waals surface area contributed by atoms with Gasteiger partial charge in [0.15, 0.2) is 0 Å². The molecule has 1 aromatic carbocycles. The Morgan fingerprint density at radius 3 is 2.81 bits per heavy atom. The summed E-state index contributed by atoms with van der Waals surface area (Å²) in [6, 6.07) is 8.25. The van der Waals surface area contributed by atoms with Gasteiger partial charge >= 0.3 is 0 Å². The quantitative estimate of drug-likeness (QED) is 0.475. The van der Waals surface area contributed by atoms with Crippen LogP contribution in [0.25, 0.3) is 0 Å². The van der Waals surface area contributed by atoms with Gasteiger partial charge in [0.1, 0.15) is 12.0 Å². The van der Waals surface area contributed by atoms with Crippen LogP contribution in [-0.2, 0) is 11.3 Å². The molecule has 0 bridgehead atoms. The molecular formula is C17H26N2O2. The number of hydrogen-bond acceptors (Lipinski definition) is 4. The Balaban J connectivity index is 1.83. The molecule has 1 saturated heterocycles. The fourth-order valence-electron chi connectivity index (χ4n) is 2.60. The number of benzene rings is 1. The van der Waals surface area contributed by atoms with E-state index in [0.717, 1.165) is 25.3 Å². The van der Waals surface area contributed by atoms with E-state index in [2.05, 4.69) is 22.5 Å². The first-order valence-corrected chi connectivity index (χ1v) is 7.70. The lowest BCUT2D eigenvalue weighted by molar-refractivity contribution is -0.0599. The molecular weight excluding hydrogens is 264 g/mol. The van der Waals surface area contributed by atoms with Crippen LogP contribution in [0, 0.1) is 0 Å². The van der Waals surface area contributed by atoms with E-state index in [1.807, 2.05) is 31.2 Å². The molecule has 21 heavy (non-hydrogen) atoms. The highest BCUT2D eigenvalue weighted by Crippen LogP contribution is 2.21. The van der Waals surface area contributed by atoms with E-state index in [1.54, 1.807) is 7.11 Å². The van der Waals surface area contributed by atoms with Crippen LogP contribution in [0.3, 0.4) is 0 Å². The number of hydroxylamine groups is 1. The van der Waals surface area contributed by atoms with Gasteiger partial charge in [0.05, 0.1) is 0 Å². The third kappa shape index (κ3) is 5.16. The number of nitrogens with zero attached hydrogens (tertiary/aromatic N) is 1. The predicted octanol–water partition coefficient (Wildman–Crippen LogP) is 3.10. The molecule has 0 amide bonds. The Hall–Kier alpha value is -1.36. The van der Waals surface area contributed by atoms with Crippen molar-refractivity contribution in [3.05, 3.63) is 42.0 Å². The summed E-state index contributed by atoms with van der Waals surface area (Å²) in [6.07, 6.45) is 7.92. The highest BCUT2D eigenvalue weighted by Gasteiger charge is 2.21. The Bertz CT molecular complexity index is 431. The average molecular weight is 290 g/mol. The molecule has 1 N–H and O–H groups in total. The van der Waals surface area contributed by atoms with Gasteiger partial charge in [-0.3, -0.25) is 4.90 Å². The average Bonchev–Trinajstić information content (AvgIpc) is 2.54. The molecule has 2 rings (SSSR count). The zero-order valence-electron chi connectivity index (χ0n) is 13.0. The maximum atomic E-state index is 5.56. The topological polar surface area (TPSA) is 33.7 Å². The van der Waals surface area contributed by atoms with Gasteiger partial charge in [-0.05, 0) is 43.9 Å². The second kappa shape index (κ2) is 8.82. The van der Waals surface area contributed by atoms with Gasteiger partial charge in [-0.25, -0.2) is 0 Å². The van der Waals surface area contributed by atoms with Crippen LogP contribution < -0.4 is 10.3 Å². The standard InChI is InChI=1S/C17H26N2O2/c1-3-4-12-18-21-16-10-8-15(9-11-16)14-19-13-6-5-7-17(19)20-2/h3-4,8-11,17-18H,5-7,12-14H2,1-2H3. The molecule has 0 spiro atoms. The van der Waals surface area contributed by atoms with Gasteiger partial charge in [-0.2, -0.15) is 5.48 Å². The number of methoxy groups -OCH3 is 1. The summed E-state index contributed by atoms with van der Waals surface area (Å²) < 4.78 is 5.56.